The monoisotopic (exact) mass is 251 g/mol. The summed E-state index contributed by atoms with van der Waals surface area (Å²) in [4.78, 5) is 0. The van der Waals surface area contributed by atoms with E-state index in [4.69, 9.17) is 5.73 Å². The van der Waals surface area contributed by atoms with Crippen LogP contribution < -0.4 is 5.73 Å². The van der Waals surface area contributed by atoms with E-state index in [0.717, 1.165) is 24.3 Å². The second-order valence-electron chi connectivity index (χ2n) is 5.91. The minimum atomic E-state index is -0.154. The lowest BCUT2D eigenvalue weighted by Crippen LogP contribution is -2.20. The first-order chi connectivity index (χ1) is 8.51. The van der Waals surface area contributed by atoms with E-state index in [9.17, 15) is 4.39 Å². The van der Waals surface area contributed by atoms with Crippen LogP contribution in [0.5, 0.6) is 0 Å². The van der Waals surface area contributed by atoms with Gasteiger partial charge in [-0.3, -0.25) is 0 Å². The van der Waals surface area contributed by atoms with Crippen LogP contribution in [0.25, 0.3) is 0 Å². The minimum absolute atomic E-state index is 0.154. The SMILES string of the molecule is CC(C)CC(C)CC(CN)Cc1cccc(F)c1. The average Bonchev–Trinajstić information content (AvgIpc) is 2.27. The molecule has 1 nitrogen and oxygen atoms in total. The van der Waals surface area contributed by atoms with Crippen molar-refractivity contribution in [2.75, 3.05) is 6.54 Å². The summed E-state index contributed by atoms with van der Waals surface area (Å²) in [7, 11) is 0. The van der Waals surface area contributed by atoms with Gasteiger partial charge in [-0.2, -0.15) is 0 Å². The molecule has 1 aromatic carbocycles. The molecule has 0 spiro atoms. The largest absolute Gasteiger partial charge is 0.330 e. The highest BCUT2D eigenvalue weighted by Gasteiger charge is 2.14. The molecule has 102 valence electrons. The first kappa shape index (κ1) is 15.2. The van der Waals surface area contributed by atoms with Crippen LogP contribution >= 0.6 is 0 Å². The van der Waals surface area contributed by atoms with Crippen LogP contribution in [0.2, 0.25) is 0 Å². The first-order valence-electron chi connectivity index (χ1n) is 6.95. The number of nitrogens with two attached hydrogens (primary N) is 1. The molecule has 0 aliphatic heterocycles. The fourth-order valence-corrected chi connectivity index (χ4v) is 2.73. The molecule has 2 unspecified atom stereocenters. The second kappa shape index (κ2) is 7.52. The van der Waals surface area contributed by atoms with Crippen LogP contribution in [0.3, 0.4) is 0 Å². The van der Waals surface area contributed by atoms with E-state index in [1.807, 2.05) is 6.07 Å². The van der Waals surface area contributed by atoms with Crippen molar-refractivity contribution in [3.05, 3.63) is 35.6 Å². The van der Waals surface area contributed by atoms with Crippen molar-refractivity contribution < 1.29 is 4.39 Å². The molecule has 1 aromatic rings. The lowest BCUT2D eigenvalue weighted by molar-refractivity contribution is 0.343. The van der Waals surface area contributed by atoms with Gasteiger partial charge >= 0.3 is 0 Å². The summed E-state index contributed by atoms with van der Waals surface area (Å²) < 4.78 is 13.1. The van der Waals surface area contributed by atoms with Gasteiger partial charge in [-0.15, -0.1) is 0 Å². The Bertz CT molecular complexity index is 349. The van der Waals surface area contributed by atoms with Crippen molar-refractivity contribution in [1.29, 1.82) is 0 Å². The van der Waals surface area contributed by atoms with E-state index in [0.29, 0.717) is 18.4 Å². The van der Waals surface area contributed by atoms with E-state index in [2.05, 4.69) is 20.8 Å². The Morgan fingerprint density at radius 2 is 1.89 bits per heavy atom. The zero-order valence-corrected chi connectivity index (χ0v) is 11.8. The van der Waals surface area contributed by atoms with Crippen molar-refractivity contribution in [2.24, 2.45) is 23.5 Å². The van der Waals surface area contributed by atoms with Gasteiger partial charge in [0.15, 0.2) is 0 Å². The Labute approximate surface area is 111 Å². The van der Waals surface area contributed by atoms with Gasteiger partial charge in [0, 0.05) is 0 Å². The highest BCUT2D eigenvalue weighted by Crippen LogP contribution is 2.22. The number of benzene rings is 1. The van der Waals surface area contributed by atoms with Gasteiger partial charge in [0.25, 0.3) is 0 Å². The molecule has 0 aliphatic carbocycles. The fourth-order valence-electron chi connectivity index (χ4n) is 2.73. The fraction of sp³-hybridized carbons (Fsp3) is 0.625. The third-order valence-electron chi connectivity index (χ3n) is 3.36. The van der Waals surface area contributed by atoms with Gasteiger partial charge < -0.3 is 5.73 Å². The predicted molar refractivity (Wildman–Crippen MR) is 75.9 cm³/mol. The van der Waals surface area contributed by atoms with Crippen molar-refractivity contribution >= 4 is 0 Å². The van der Waals surface area contributed by atoms with Gasteiger partial charge in [-0.05, 0) is 61.3 Å². The third kappa shape index (κ3) is 5.63. The van der Waals surface area contributed by atoms with Gasteiger partial charge in [-0.25, -0.2) is 4.39 Å². The lowest BCUT2D eigenvalue weighted by atomic mass is 9.86. The van der Waals surface area contributed by atoms with Crippen LogP contribution in [0, 0.1) is 23.6 Å². The summed E-state index contributed by atoms with van der Waals surface area (Å²) in [6.07, 6.45) is 3.25. The summed E-state index contributed by atoms with van der Waals surface area (Å²) in [5, 5.41) is 0. The summed E-state index contributed by atoms with van der Waals surface area (Å²) in [5.41, 5.74) is 6.90. The normalized spacial score (nSPS) is 14.8. The molecule has 0 amide bonds. The first-order valence-corrected chi connectivity index (χ1v) is 6.95. The molecule has 0 saturated carbocycles. The summed E-state index contributed by atoms with van der Waals surface area (Å²) in [5.74, 6) is 1.72. The Hall–Kier alpha value is -0.890. The lowest BCUT2D eigenvalue weighted by Gasteiger charge is -2.21. The maximum absolute atomic E-state index is 13.1. The molecule has 0 radical (unpaired) electrons. The van der Waals surface area contributed by atoms with Gasteiger partial charge in [-0.1, -0.05) is 32.9 Å². The topological polar surface area (TPSA) is 26.0 Å². The third-order valence-corrected chi connectivity index (χ3v) is 3.36. The van der Waals surface area contributed by atoms with Crippen molar-refractivity contribution in [2.45, 2.75) is 40.0 Å². The van der Waals surface area contributed by atoms with Crippen molar-refractivity contribution in [3.8, 4) is 0 Å². The second-order valence-corrected chi connectivity index (χ2v) is 5.91. The molecule has 0 bridgehead atoms. The molecule has 0 fully saturated rings. The average molecular weight is 251 g/mol. The smallest absolute Gasteiger partial charge is 0.123 e. The van der Waals surface area contributed by atoms with Crippen molar-refractivity contribution in [1.82, 2.24) is 0 Å². The van der Waals surface area contributed by atoms with Gasteiger partial charge in [0.2, 0.25) is 0 Å². The summed E-state index contributed by atoms with van der Waals surface area (Å²) >= 11 is 0. The van der Waals surface area contributed by atoms with Crippen LogP contribution in [0.4, 0.5) is 4.39 Å². The van der Waals surface area contributed by atoms with Crippen molar-refractivity contribution in [3.63, 3.8) is 0 Å². The molecule has 0 heterocycles. The number of hydrogen-bond acceptors (Lipinski definition) is 1. The quantitative estimate of drug-likeness (QED) is 0.778. The molecule has 0 saturated heterocycles. The maximum Gasteiger partial charge on any atom is 0.123 e. The van der Waals surface area contributed by atoms with Crippen LogP contribution in [0.15, 0.2) is 24.3 Å². The Morgan fingerprint density at radius 3 is 2.44 bits per heavy atom. The Kier molecular flexibility index (Phi) is 6.34. The maximum atomic E-state index is 13.1. The number of hydrogen-bond donors (Lipinski definition) is 1. The van der Waals surface area contributed by atoms with E-state index < -0.39 is 0 Å². The van der Waals surface area contributed by atoms with E-state index in [1.165, 1.54) is 12.5 Å². The molecule has 1 rings (SSSR count). The number of rotatable bonds is 7. The molecule has 2 heteroatoms. The molecule has 18 heavy (non-hydrogen) atoms. The molecule has 0 aliphatic rings. The molecule has 2 N–H and O–H groups in total. The summed E-state index contributed by atoms with van der Waals surface area (Å²) in [6.45, 7) is 7.47. The van der Waals surface area contributed by atoms with Crippen LogP contribution in [-0.2, 0) is 6.42 Å². The summed E-state index contributed by atoms with van der Waals surface area (Å²) in [6, 6.07) is 6.87. The van der Waals surface area contributed by atoms with E-state index >= 15 is 0 Å². The number of halogens is 1. The highest BCUT2D eigenvalue weighted by molar-refractivity contribution is 5.16. The van der Waals surface area contributed by atoms with Gasteiger partial charge in [0.1, 0.15) is 5.82 Å². The molecule has 0 aromatic heterocycles. The highest BCUT2D eigenvalue weighted by atomic mass is 19.1. The van der Waals surface area contributed by atoms with Crippen LogP contribution in [-0.4, -0.2) is 6.54 Å². The molecular weight excluding hydrogens is 225 g/mol. The Morgan fingerprint density at radius 1 is 1.17 bits per heavy atom. The van der Waals surface area contributed by atoms with E-state index in [-0.39, 0.29) is 5.82 Å². The molecular formula is C16H26FN. The van der Waals surface area contributed by atoms with Gasteiger partial charge in [0.05, 0.1) is 0 Å². The standard InChI is InChI=1S/C16H26FN/c1-12(2)7-13(3)8-15(11-18)9-14-5-4-6-16(17)10-14/h4-6,10,12-13,15H,7-9,11,18H2,1-3H3. The molecule has 2 atom stereocenters. The zero-order valence-electron chi connectivity index (χ0n) is 11.8. The zero-order chi connectivity index (χ0) is 13.5. The Balaban J connectivity index is 2.51. The predicted octanol–water partition coefficient (Wildman–Crippen LogP) is 4.02. The van der Waals surface area contributed by atoms with E-state index in [1.54, 1.807) is 12.1 Å². The minimum Gasteiger partial charge on any atom is -0.330 e. The van der Waals surface area contributed by atoms with Crippen LogP contribution in [0.1, 0.15) is 39.2 Å².